The van der Waals surface area contributed by atoms with Crippen molar-refractivity contribution in [1.29, 1.82) is 0 Å². The molecule has 2 rings (SSSR count). The summed E-state index contributed by atoms with van der Waals surface area (Å²) < 4.78 is 1.96. The number of nitro groups is 1. The lowest BCUT2D eigenvalue weighted by atomic mass is 10.1. The molecule has 7 heteroatoms. The first-order valence-corrected chi connectivity index (χ1v) is 7.97. The SMILES string of the molecule is Cc1cc([N+](=O)[O-])c(Cl)cc1NCc1ccc(Br)c(Br)c1. The maximum atomic E-state index is 10.8. The maximum Gasteiger partial charge on any atom is 0.288 e. The molecule has 0 fully saturated rings. The molecular formula is C14H11Br2ClN2O2. The molecule has 21 heavy (non-hydrogen) atoms. The molecule has 0 heterocycles. The topological polar surface area (TPSA) is 55.2 Å². The molecule has 110 valence electrons. The van der Waals surface area contributed by atoms with E-state index in [2.05, 4.69) is 37.2 Å². The minimum absolute atomic E-state index is 0.0777. The van der Waals surface area contributed by atoms with Crippen molar-refractivity contribution in [3.05, 3.63) is 65.5 Å². The second-order valence-electron chi connectivity index (χ2n) is 4.48. The van der Waals surface area contributed by atoms with Crippen LogP contribution in [-0.2, 0) is 6.54 Å². The van der Waals surface area contributed by atoms with Crippen LogP contribution < -0.4 is 5.32 Å². The number of hydrogen-bond acceptors (Lipinski definition) is 3. The summed E-state index contributed by atoms with van der Waals surface area (Å²) in [6.07, 6.45) is 0. The van der Waals surface area contributed by atoms with Crippen LogP contribution in [-0.4, -0.2) is 4.92 Å². The quantitative estimate of drug-likeness (QED) is 0.497. The van der Waals surface area contributed by atoms with Crippen molar-refractivity contribution in [2.24, 2.45) is 0 Å². The van der Waals surface area contributed by atoms with Crippen LogP contribution in [0.1, 0.15) is 11.1 Å². The molecule has 2 aromatic carbocycles. The highest BCUT2D eigenvalue weighted by Gasteiger charge is 2.14. The summed E-state index contributed by atoms with van der Waals surface area (Å²) in [7, 11) is 0. The molecule has 0 aliphatic heterocycles. The Labute approximate surface area is 143 Å². The predicted molar refractivity (Wildman–Crippen MR) is 92.0 cm³/mol. The number of nitrogens with zero attached hydrogens (tertiary/aromatic N) is 1. The molecule has 0 saturated heterocycles. The minimum Gasteiger partial charge on any atom is -0.381 e. The Morgan fingerprint density at radius 2 is 1.95 bits per heavy atom. The highest BCUT2D eigenvalue weighted by Crippen LogP contribution is 2.31. The molecule has 0 aliphatic carbocycles. The van der Waals surface area contributed by atoms with Gasteiger partial charge >= 0.3 is 0 Å². The average molecular weight is 435 g/mol. The van der Waals surface area contributed by atoms with Gasteiger partial charge in [0, 0.05) is 27.2 Å². The van der Waals surface area contributed by atoms with E-state index >= 15 is 0 Å². The van der Waals surface area contributed by atoms with Crippen molar-refractivity contribution in [2.75, 3.05) is 5.32 Å². The van der Waals surface area contributed by atoms with Gasteiger partial charge in [-0.3, -0.25) is 10.1 Å². The molecule has 0 atom stereocenters. The predicted octanol–water partition coefficient (Wildman–Crippen LogP) is 5.69. The fourth-order valence-corrected chi connectivity index (χ4v) is 2.75. The minimum atomic E-state index is -0.481. The Kier molecular flexibility index (Phi) is 5.24. The zero-order valence-electron chi connectivity index (χ0n) is 11.0. The van der Waals surface area contributed by atoms with Crippen molar-refractivity contribution >= 4 is 54.8 Å². The van der Waals surface area contributed by atoms with E-state index in [1.165, 1.54) is 6.07 Å². The molecular weight excluding hydrogens is 423 g/mol. The Morgan fingerprint density at radius 1 is 1.24 bits per heavy atom. The largest absolute Gasteiger partial charge is 0.381 e. The summed E-state index contributed by atoms with van der Waals surface area (Å²) in [6.45, 7) is 2.41. The van der Waals surface area contributed by atoms with Crippen LogP contribution in [0.15, 0.2) is 39.3 Å². The number of benzene rings is 2. The lowest BCUT2D eigenvalue weighted by Crippen LogP contribution is -2.02. The third-order valence-electron chi connectivity index (χ3n) is 2.96. The molecule has 1 N–H and O–H groups in total. The lowest BCUT2D eigenvalue weighted by Gasteiger charge is -2.11. The summed E-state index contributed by atoms with van der Waals surface area (Å²) in [5, 5.41) is 14.2. The van der Waals surface area contributed by atoms with Crippen molar-refractivity contribution in [3.8, 4) is 0 Å². The van der Waals surface area contributed by atoms with Gasteiger partial charge in [0.25, 0.3) is 5.69 Å². The average Bonchev–Trinajstić information content (AvgIpc) is 2.42. The summed E-state index contributed by atoms with van der Waals surface area (Å²) in [5.74, 6) is 0. The van der Waals surface area contributed by atoms with Crippen LogP contribution in [0.2, 0.25) is 5.02 Å². The van der Waals surface area contributed by atoms with Crippen LogP contribution in [0.25, 0.3) is 0 Å². The zero-order chi connectivity index (χ0) is 15.6. The molecule has 0 unspecified atom stereocenters. The monoisotopic (exact) mass is 432 g/mol. The van der Waals surface area contributed by atoms with Gasteiger partial charge in [-0.15, -0.1) is 0 Å². The second-order valence-corrected chi connectivity index (χ2v) is 6.59. The Balaban J connectivity index is 2.18. The molecule has 0 spiro atoms. The standard InChI is InChI=1S/C14H11Br2ClN2O2/c1-8-4-14(19(20)21)12(17)6-13(8)18-7-9-2-3-10(15)11(16)5-9/h2-6,18H,7H2,1H3. The molecule has 0 aliphatic rings. The van der Waals surface area contributed by atoms with Gasteiger partial charge in [0.1, 0.15) is 5.02 Å². The third kappa shape index (κ3) is 3.96. The van der Waals surface area contributed by atoms with Gasteiger partial charge in [-0.1, -0.05) is 17.7 Å². The molecule has 2 aromatic rings. The fraction of sp³-hybridized carbons (Fsp3) is 0.143. The van der Waals surface area contributed by atoms with Gasteiger partial charge in [0.2, 0.25) is 0 Å². The molecule has 4 nitrogen and oxygen atoms in total. The van der Waals surface area contributed by atoms with Crippen molar-refractivity contribution < 1.29 is 4.92 Å². The van der Waals surface area contributed by atoms with Crippen molar-refractivity contribution in [3.63, 3.8) is 0 Å². The number of nitrogens with one attached hydrogen (secondary N) is 1. The van der Waals surface area contributed by atoms with Gasteiger partial charge < -0.3 is 5.32 Å². The van der Waals surface area contributed by atoms with E-state index in [0.29, 0.717) is 6.54 Å². The summed E-state index contributed by atoms with van der Waals surface area (Å²) in [6, 6.07) is 9.01. The smallest absolute Gasteiger partial charge is 0.288 e. The van der Waals surface area contributed by atoms with Crippen molar-refractivity contribution in [2.45, 2.75) is 13.5 Å². The highest BCUT2D eigenvalue weighted by atomic mass is 79.9. The van der Waals surface area contributed by atoms with E-state index in [4.69, 9.17) is 11.6 Å². The summed E-state index contributed by atoms with van der Waals surface area (Å²) >= 11 is 12.8. The zero-order valence-corrected chi connectivity index (χ0v) is 14.9. The van der Waals surface area contributed by atoms with Crippen LogP contribution in [0.5, 0.6) is 0 Å². The molecule has 0 amide bonds. The van der Waals surface area contributed by atoms with E-state index in [0.717, 1.165) is 25.8 Å². The van der Waals surface area contributed by atoms with Gasteiger partial charge in [-0.2, -0.15) is 0 Å². The molecule has 0 saturated carbocycles. The van der Waals surface area contributed by atoms with Gasteiger partial charge in [0.15, 0.2) is 0 Å². The first-order chi connectivity index (χ1) is 9.88. The van der Waals surface area contributed by atoms with E-state index in [1.54, 1.807) is 6.07 Å². The number of hydrogen-bond donors (Lipinski definition) is 1. The lowest BCUT2D eigenvalue weighted by molar-refractivity contribution is -0.384. The van der Waals surface area contributed by atoms with Crippen LogP contribution in [0.3, 0.4) is 0 Å². The Bertz CT molecular complexity index is 708. The highest BCUT2D eigenvalue weighted by molar-refractivity contribution is 9.13. The van der Waals surface area contributed by atoms with E-state index in [9.17, 15) is 10.1 Å². The number of nitro benzene ring substituents is 1. The molecule has 0 radical (unpaired) electrons. The summed E-state index contributed by atoms with van der Waals surface area (Å²) in [5.41, 5.74) is 2.57. The normalized spacial score (nSPS) is 10.5. The summed E-state index contributed by atoms with van der Waals surface area (Å²) in [4.78, 5) is 10.3. The van der Waals surface area contributed by atoms with Crippen LogP contribution >= 0.6 is 43.5 Å². The fourth-order valence-electron chi connectivity index (χ4n) is 1.84. The second kappa shape index (κ2) is 6.77. The van der Waals surface area contributed by atoms with Crippen LogP contribution in [0.4, 0.5) is 11.4 Å². The Hall–Kier alpha value is -1.11. The van der Waals surface area contributed by atoms with E-state index in [1.807, 2.05) is 25.1 Å². The first kappa shape index (κ1) is 16.3. The van der Waals surface area contributed by atoms with Gasteiger partial charge in [-0.05, 0) is 68.1 Å². The Morgan fingerprint density at radius 3 is 2.57 bits per heavy atom. The van der Waals surface area contributed by atoms with E-state index in [-0.39, 0.29) is 10.7 Å². The molecule has 0 aromatic heterocycles. The first-order valence-electron chi connectivity index (χ1n) is 6.01. The number of aryl methyl sites for hydroxylation is 1. The van der Waals surface area contributed by atoms with Crippen LogP contribution in [0, 0.1) is 17.0 Å². The third-order valence-corrected chi connectivity index (χ3v) is 5.14. The number of halogens is 3. The van der Waals surface area contributed by atoms with Gasteiger partial charge in [-0.25, -0.2) is 0 Å². The maximum absolute atomic E-state index is 10.8. The number of rotatable bonds is 4. The molecule has 0 bridgehead atoms. The van der Waals surface area contributed by atoms with E-state index < -0.39 is 4.92 Å². The van der Waals surface area contributed by atoms with Crippen molar-refractivity contribution in [1.82, 2.24) is 0 Å². The number of anilines is 1. The van der Waals surface area contributed by atoms with Gasteiger partial charge in [0.05, 0.1) is 4.92 Å².